The summed E-state index contributed by atoms with van der Waals surface area (Å²) in [6, 6.07) is 17.0. The molecule has 5 rings (SSSR count). The second-order valence-electron chi connectivity index (χ2n) is 7.52. The molecule has 2 aromatic carbocycles. The number of halogens is 1. The van der Waals surface area contributed by atoms with Crippen molar-refractivity contribution in [2.24, 2.45) is 0 Å². The first kappa shape index (κ1) is 18.8. The van der Waals surface area contributed by atoms with Gasteiger partial charge in [0.1, 0.15) is 5.39 Å². The van der Waals surface area contributed by atoms with Gasteiger partial charge < -0.3 is 10.0 Å². The molecule has 8 heteroatoms. The van der Waals surface area contributed by atoms with Crippen molar-refractivity contribution in [1.29, 1.82) is 0 Å². The summed E-state index contributed by atoms with van der Waals surface area (Å²) in [4.78, 5) is 22.2. The van der Waals surface area contributed by atoms with Crippen LogP contribution in [-0.4, -0.2) is 37.9 Å². The predicted molar refractivity (Wildman–Crippen MR) is 116 cm³/mol. The van der Waals surface area contributed by atoms with Crippen LogP contribution in [0, 0.1) is 0 Å². The molecular formula is C22H20ClN5O2. The fourth-order valence-electron chi connectivity index (χ4n) is 4.01. The molecule has 152 valence electrons. The molecule has 1 aliphatic heterocycles. The first-order valence-electron chi connectivity index (χ1n) is 9.81. The van der Waals surface area contributed by atoms with Gasteiger partial charge in [-0.2, -0.15) is 10.1 Å². The van der Waals surface area contributed by atoms with Crippen molar-refractivity contribution in [3.05, 3.63) is 81.7 Å². The number of piperidine rings is 1. The van der Waals surface area contributed by atoms with Gasteiger partial charge in [0.15, 0.2) is 5.65 Å². The number of anilines is 1. The number of rotatable bonds is 3. The lowest BCUT2D eigenvalue weighted by Gasteiger charge is -2.39. The Morgan fingerprint density at radius 1 is 1.03 bits per heavy atom. The molecule has 1 aliphatic rings. The lowest BCUT2D eigenvalue weighted by molar-refractivity contribution is 0.0116. The van der Waals surface area contributed by atoms with Crippen LogP contribution in [0.4, 0.5) is 5.95 Å². The number of H-pyrrole nitrogens is 1. The molecule has 3 heterocycles. The minimum atomic E-state index is -0.995. The highest BCUT2D eigenvalue weighted by atomic mass is 35.5. The second-order valence-corrected chi connectivity index (χ2v) is 7.92. The van der Waals surface area contributed by atoms with E-state index < -0.39 is 5.60 Å². The molecule has 4 aromatic rings. The third-order valence-corrected chi connectivity index (χ3v) is 6.02. The predicted octanol–water partition coefficient (Wildman–Crippen LogP) is 3.25. The Morgan fingerprint density at radius 3 is 2.47 bits per heavy atom. The van der Waals surface area contributed by atoms with Gasteiger partial charge in [0.2, 0.25) is 5.95 Å². The normalized spacial score (nSPS) is 16.1. The van der Waals surface area contributed by atoms with Gasteiger partial charge in [-0.3, -0.25) is 9.78 Å². The van der Waals surface area contributed by atoms with Gasteiger partial charge >= 0.3 is 0 Å². The van der Waals surface area contributed by atoms with Gasteiger partial charge in [-0.1, -0.05) is 48.0 Å². The van der Waals surface area contributed by atoms with E-state index in [9.17, 15) is 9.90 Å². The number of nitrogens with one attached hydrogen (secondary N) is 1. The number of benzene rings is 2. The van der Waals surface area contributed by atoms with Gasteiger partial charge in [-0.05, 0) is 31.0 Å². The van der Waals surface area contributed by atoms with Crippen molar-refractivity contribution in [2.45, 2.75) is 18.4 Å². The molecule has 7 nitrogen and oxygen atoms in total. The quantitative estimate of drug-likeness (QED) is 0.530. The number of fused-ring (bicyclic) bond motifs is 1. The average molecular weight is 422 g/mol. The van der Waals surface area contributed by atoms with Crippen molar-refractivity contribution >= 4 is 28.6 Å². The van der Waals surface area contributed by atoms with Gasteiger partial charge in [0.25, 0.3) is 5.56 Å². The molecule has 2 aromatic heterocycles. The fraction of sp³-hybridized carbons (Fsp3) is 0.227. The zero-order valence-corrected chi connectivity index (χ0v) is 16.9. The Balaban J connectivity index is 1.46. The highest BCUT2D eigenvalue weighted by Crippen LogP contribution is 2.37. The molecule has 0 unspecified atom stereocenters. The van der Waals surface area contributed by atoms with Crippen LogP contribution in [0.3, 0.4) is 0 Å². The maximum Gasteiger partial charge on any atom is 0.263 e. The van der Waals surface area contributed by atoms with E-state index in [1.807, 2.05) is 53.4 Å². The van der Waals surface area contributed by atoms with E-state index in [1.165, 1.54) is 6.20 Å². The van der Waals surface area contributed by atoms with E-state index in [1.54, 1.807) is 10.7 Å². The molecule has 30 heavy (non-hydrogen) atoms. The Bertz CT molecular complexity index is 1260. The molecule has 0 radical (unpaired) electrons. The largest absolute Gasteiger partial charge is 0.385 e. The van der Waals surface area contributed by atoms with Crippen molar-refractivity contribution in [3.8, 4) is 5.69 Å². The van der Waals surface area contributed by atoms with E-state index in [2.05, 4.69) is 10.1 Å². The first-order valence-corrected chi connectivity index (χ1v) is 10.2. The minimum absolute atomic E-state index is 0.232. The number of hydrogen-bond acceptors (Lipinski definition) is 5. The maximum absolute atomic E-state index is 12.6. The Morgan fingerprint density at radius 2 is 1.73 bits per heavy atom. The van der Waals surface area contributed by atoms with Gasteiger partial charge in [-0.15, -0.1) is 0 Å². The standard InChI is InChI=1S/C22H20ClN5O2/c23-18-9-5-4-8-17(18)22(30)10-12-27(13-11-22)21-25-19-16(20(29)26-21)14-24-28(19)15-6-2-1-3-7-15/h1-9,14,30H,10-13H2,(H,25,26,29). The highest BCUT2D eigenvalue weighted by molar-refractivity contribution is 6.31. The molecule has 2 N–H and O–H groups in total. The Labute approximate surface area is 177 Å². The topological polar surface area (TPSA) is 87.0 Å². The number of aromatic amines is 1. The molecule has 0 amide bonds. The van der Waals surface area contributed by atoms with E-state index in [-0.39, 0.29) is 5.56 Å². The number of nitrogens with zero attached hydrogens (tertiary/aromatic N) is 4. The highest BCUT2D eigenvalue weighted by Gasteiger charge is 2.36. The van der Waals surface area contributed by atoms with Crippen molar-refractivity contribution in [2.75, 3.05) is 18.0 Å². The minimum Gasteiger partial charge on any atom is -0.385 e. The van der Waals surface area contributed by atoms with Gasteiger partial charge in [0, 0.05) is 23.7 Å². The second kappa shape index (κ2) is 7.27. The monoisotopic (exact) mass is 421 g/mol. The van der Waals surface area contributed by atoms with E-state index in [0.29, 0.717) is 47.9 Å². The van der Waals surface area contributed by atoms with E-state index in [4.69, 9.17) is 16.6 Å². The Kier molecular flexibility index (Phi) is 4.56. The average Bonchev–Trinajstić information content (AvgIpc) is 3.20. The zero-order valence-electron chi connectivity index (χ0n) is 16.1. The molecule has 0 spiro atoms. The summed E-state index contributed by atoms with van der Waals surface area (Å²) in [5, 5.41) is 16.5. The number of aromatic nitrogens is 4. The summed E-state index contributed by atoms with van der Waals surface area (Å²) in [5.41, 5.74) is 0.857. The molecule has 1 saturated heterocycles. The van der Waals surface area contributed by atoms with Crippen LogP contribution in [-0.2, 0) is 5.60 Å². The van der Waals surface area contributed by atoms with Crippen LogP contribution < -0.4 is 10.5 Å². The van der Waals surface area contributed by atoms with Crippen molar-refractivity contribution in [3.63, 3.8) is 0 Å². The first-order chi connectivity index (χ1) is 14.5. The number of aliphatic hydroxyl groups is 1. The summed E-state index contributed by atoms with van der Waals surface area (Å²) in [6.45, 7) is 1.07. The molecule has 0 aliphatic carbocycles. The van der Waals surface area contributed by atoms with Crippen molar-refractivity contribution in [1.82, 2.24) is 19.7 Å². The van der Waals surface area contributed by atoms with Crippen molar-refractivity contribution < 1.29 is 5.11 Å². The van der Waals surface area contributed by atoms with Crippen LogP contribution in [0.2, 0.25) is 5.02 Å². The smallest absolute Gasteiger partial charge is 0.263 e. The van der Waals surface area contributed by atoms with Gasteiger partial charge in [-0.25, -0.2) is 4.68 Å². The molecule has 1 fully saturated rings. The third kappa shape index (κ3) is 3.16. The van der Waals surface area contributed by atoms with Crippen LogP contribution in [0.1, 0.15) is 18.4 Å². The molecule has 0 atom stereocenters. The number of para-hydroxylation sites is 1. The summed E-state index contributed by atoms with van der Waals surface area (Å²) < 4.78 is 1.66. The fourth-order valence-corrected chi connectivity index (χ4v) is 4.32. The molecule has 0 bridgehead atoms. The zero-order chi connectivity index (χ0) is 20.7. The van der Waals surface area contributed by atoms with Crippen LogP contribution in [0.25, 0.3) is 16.7 Å². The molecule has 0 saturated carbocycles. The Hall–Kier alpha value is -3.16. The lowest BCUT2D eigenvalue weighted by Crippen LogP contribution is -2.43. The maximum atomic E-state index is 12.6. The van der Waals surface area contributed by atoms with Crippen LogP contribution in [0.15, 0.2) is 65.6 Å². The SMILES string of the molecule is O=c1[nH]c(N2CCC(O)(c3ccccc3Cl)CC2)nc2c1cnn2-c1ccccc1. The van der Waals surface area contributed by atoms with Crippen LogP contribution in [0.5, 0.6) is 0 Å². The van der Waals surface area contributed by atoms with E-state index in [0.717, 1.165) is 11.3 Å². The molecular weight excluding hydrogens is 402 g/mol. The lowest BCUT2D eigenvalue weighted by atomic mass is 9.84. The number of hydrogen-bond donors (Lipinski definition) is 2. The summed E-state index contributed by atoms with van der Waals surface area (Å²) in [6.07, 6.45) is 2.50. The summed E-state index contributed by atoms with van der Waals surface area (Å²) in [5.74, 6) is 0.478. The van der Waals surface area contributed by atoms with E-state index >= 15 is 0 Å². The summed E-state index contributed by atoms with van der Waals surface area (Å²) >= 11 is 6.31. The summed E-state index contributed by atoms with van der Waals surface area (Å²) in [7, 11) is 0. The third-order valence-electron chi connectivity index (χ3n) is 5.69. The van der Waals surface area contributed by atoms with Crippen LogP contribution >= 0.6 is 11.6 Å². The van der Waals surface area contributed by atoms with Gasteiger partial charge in [0.05, 0.1) is 17.5 Å².